The van der Waals surface area contributed by atoms with E-state index in [9.17, 15) is 0 Å². The van der Waals surface area contributed by atoms with Crippen LogP contribution in [-0.2, 0) is 0 Å². The molecule has 1 aliphatic heterocycles. The van der Waals surface area contributed by atoms with Gasteiger partial charge in [-0.1, -0.05) is 30.3 Å². The third-order valence-corrected chi connectivity index (χ3v) is 2.36. The topological polar surface area (TPSA) is 22.1 Å². The Labute approximate surface area is 102 Å². The van der Waals surface area contributed by atoms with Crippen LogP contribution in [-0.4, -0.2) is 11.6 Å². The van der Waals surface area contributed by atoms with E-state index in [-0.39, 0.29) is 0 Å². The lowest BCUT2D eigenvalue weighted by molar-refractivity contribution is 0.358. The number of fused-ring (bicyclic) bond motifs is 1. The molecule has 17 heavy (non-hydrogen) atoms. The van der Waals surface area contributed by atoms with Gasteiger partial charge in [-0.05, 0) is 31.2 Å². The summed E-state index contributed by atoms with van der Waals surface area (Å²) < 4.78 is 5.34. The average molecular weight is 225 g/mol. The van der Waals surface area contributed by atoms with E-state index in [1.165, 1.54) is 5.56 Å². The predicted molar refractivity (Wildman–Crippen MR) is 69.9 cm³/mol. The largest absolute Gasteiger partial charge is 0.489 e. The molecule has 2 nitrogen and oxygen atoms in total. The molecule has 1 aromatic heterocycles. The smallest absolute Gasteiger partial charge is 0.126 e. The predicted octanol–water partition coefficient (Wildman–Crippen LogP) is 3.48. The summed E-state index contributed by atoms with van der Waals surface area (Å²) in [6.45, 7) is 2.68. The molecule has 0 amide bonds. The summed E-state index contributed by atoms with van der Waals surface area (Å²) in [7, 11) is 0. The molecule has 0 atom stereocenters. The van der Waals surface area contributed by atoms with Crippen molar-refractivity contribution in [1.82, 2.24) is 4.98 Å². The molecule has 2 heterocycles. The Morgan fingerprint density at radius 2 is 1.88 bits per heavy atom. The van der Waals surface area contributed by atoms with Crippen LogP contribution < -0.4 is 4.74 Å². The van der Waals surface area contributed by atoms with E-state index in [1.54, 1.807) is 6.20 Å². The average Bonchev–Trinajstić information content (AvgIpc) is 2.41. The number of hydrogen-bond acceptors (Lipinski definition) is 2. The van der Waals surface area contributed by atoms with Crippen LogP contribution in [0.3, 0.4) is 0 Å². The molecule has 0 unspecified atom stereocenters. The third-order valence-electron chi connectivity index (χ3n) is 2.36. The summed E-state index contributed by atoms with van der Waals surface area (Å²) in [4.78, 5) is 3.98. The van der Waals surface area contributed by atoms with Crippen LogP contribution in [0.15, 0.2) is 54.7 Å². The second-order valence-electron chi connectivity index (χ2n) is 3.72. The Bertz CT molecular complexity index is 491. The first-order chi connectivity index (χ1) is 8.36. The minimum Gasteiger partial charge on any atom is -0.489 e. The standard InChI is InChI=1S/C9H8O.C6H7N/c1-2-6-9-8(4-1)5-3-7-10-9;1-6-4-2-3-5-7-6/h1-6H,7H2;2-5H,1H3. The van der Waals surface area contributed by atoms with Gasteiger partial charge in [-0.3, -0.25) is 4.98 Å². The zero-order chi connectivity index (χ0) is 11.9. The van der Waals surface area contributed by atoms with Gasteiger partial charge in [0, 0.05) is 17.5 Å². The van der Waals surface area contributed by atoms with Gasteiger partial charge in [0.15, 0.2) is 0 Å². The van der Waals surface area contributed by atoms with E-state index in [0.29, 0.717) is 6.61 Å². The summed E-state index contributed by atoms with van der Waals surface area (Å²) >= 11 is 0. The minimum absolute atomic E-state index is 0.705. The molecular weight excluding hydrogens is 210 g/mol. The highest BCUT2D eigenvalue weighted by Crippen LogP contribution is 2.21. The van der Waals surface area contributed by atoms with Gasteiger partial charge in [-0.15, -0.1) is 0 Å². The van der Waals surface area contributed by atoms with Gasteiger partial charge >= 0.3 is 0 Å². The van der Waals surface area contributed by atoms with Crippen molar-refractivity contribution in [2.24, 2.45) is 0 Å². The van der Waals surface area contributed by atoms with Crippen LogP contribution in [0.25, 0.3) is 6.08 Å². The number of hydrogen-bond donors (Lipinski definition) is 0. The molecule has 1 aliphatic rings. The van der Waals surface area contributed by atoms with Gasteiger partial charge in [0.25, 0.3) is 0 Å². The maximum atomic E-state index is 5.34. The summed E-state index contributed by atoms with van der Waals surface area (Å²) in [6.07, 6.45) is 5.89. The molecule has 86 valence electrons. The third kappa shape index (κ3) is 3.45. The van der Waals surface area contributed by atoms with Gasteiger partial charge in [0.2, 0.25) is 0 Å². The van der Waals surface area contributed by atoms with Gasteiger partial charge in [0.05, 0.1) is 0 Å². The van der Waals surface area contributed by atoms with Crippen LogP contribution in [0.2, 0.25) is 0 Å². The number of aryl methyl sites for hydroxylation is 1. The highest BCUT2D eigenvalue weighted by Gasteiger charge is 2.01. The van der Waals surface area contributed by atoms with Crippen LogP contribution in [0, 0.1) is 6.92 Å². The molecule has 0 bridgehead atoms. The van der Waals surface area contributed by atoms with Crippen molar-refractivity contribution in [3.8, 4) is 5.75 Å². The number of nitrogens with zero attached hydrogens (tertiary/aromatic N) is 1. The Morgan fingerprint density at radius 1 is 1.06 bits per heavy atom. The fourth-order valence-electron chi connectivity index (χ4n) is 1.51. The Hall–Kier alpha value is -2.09. The number of ether oxygens (including phenoxy) is 1. The lowest BCUT2D eigenvalue weighted by Gasteiger charge is -2.10. The first-order valence-electron chi connectivity index (χ1n) is 5.62. The highest BCUT2D eigenvalue weighted by atomic mass is 16.5. The molecule has 3 rings (SSSR count). The van der Waals surface area contributed by atoms with Crippen molar-refractivity contribution in [3.05, 3.63) is 66.0 Å². The van der Waals surface area contributed by atoms with Crippen molar-refractivity contribution in [3.63, 3.8) is 0 Å². The summed E-state index contributed by atoms with van der Waals surface area (Å²) in [5.74, 6) is 0.991. The quantitative estimate of drug-likeness (QED) is 0.684. The fraction of sp³-hybridized carbons (Fsp3) is 0.133. The van der Waals surface area contributed by atoms with Crippen LogP contribution >= 0.6 is 0 Å². The summed E-state index contributed by atoms with van der Waals surface area (Å²) in [5, 5.41) is 0. The van der Waals surface area contributed by atoms with E-state index in [2.05, 4.69) is 11.1 Å². The van der Waals surface area contributed by atoms with Gasteiger partial charge in [-0.25, -0.2) is 0 Å². The van der Waals surface area contributed by atoms with E-state index >= 15 is 0 Å². The number of benzene rings is 1. The lowest BCUT2D eigenvalue weighted by Crippen LogP contribution is -1.98. The number of para-hydroxylation sites is 1. The molecule has 0 N–H and O–H groups in total. The number of aromatic nitrogens is 1. The summed E-state index contributed by atoms with van der Waals surface area (Å²) in [5.41, 5.74) is 2.25. The normalized spacial score (nSPS) is 11.8. The zero-order valence-electron chi connectivity index (χ0n) is 9.84. The van der Waals surface area contributed by atoms with Crippen LogP contribution in [0.5, 0.6) is 5.75 Å². The van der Waals surface area contributed by atoms with Crippen molar-refractivity contribution in [2.45, 2.75) is 6.92 Å². The molecule has 0 radical (unpaired) electrons. The molecule has 1 aromatic carbocycles. The van der Waals surface area contributed by atoms with E-state index in [4.69, 9.17) is 4.74 Å². The van der Waals surface area contributed by atoms with Crippen LogP contribution in [0.1, 0.15) is 11.3 Å². The van der Waals surface area contributed by atoms with Gasteiger partial charge in [0.1, 0.15) is 12.4 Å². The maximum Gasteiger partial charge on any atom is 0.126 e. The lowest BCUT2D eigenvalue weighted by atomic mass is 10.1. The fourth-order valence-corrected chi connectivity index (χ4v) is 1.51. The van der Waals surface area contributed by atoms with Crippen LogP contribution in [0.4, 0.5) is 0 Å². The second kappa shape index (κ2) is 5.85. The SMILES string of the molecule is C1=Cc2ccccc2OC1.Cc1ccccn1. The minimum atomic E-state index is 0.705. The van der Waals surface area contributed by atoms with Gasteiger partial charge in [-0.2, -0.15) is 0 Å². The molecule has 0 saturated heterocycles. The van der Waals surface area contributed by atoms with Crippen molar-refractivity contribution in [2.75, 3.05) is 6.61 Å². The molecule has 0 spiro atoms. The Kier molecular flexibility index (Phi) is 3.92. The van der Waals surface area contributed by atoms with E-state index in [0.717, 1.165) is 11.4 Å². The zero-order valence-corrected chi connectivity index (χ0v) is 9.84. The van der Waals surface area contributed by atoms with Crippen molar-refractivity contribution in [1.29, 1.82) is 0 Å². The molecule has 0 aliphatic carbocycles. The first kappa shape index (κ1) is 11.4. The monoisotopic (exact) mass is 225 g/mol. The maximum absolute atomic E-state index is 5.34. The number of pyridine rings is 1. The Morgan fingerprint density at radius 3 is 2.53 bits per heavy atom. The Balaban J connectivity index is 0.000000136. The second-order valence-corrected chi connectivity index (χ2v) is 3.72. The van der Waals surface area contributed by atoms with Crippen molar-refractivity contribution >= 4 is 6.08 Å². The van der Waals surface area contributed by atoms with E-state index < -0.39 is 0 Å². The van der Waals surface area contributed by atoms with E-state index in [1.807, 2.05) is 55.5 Å². The molecule has 2 heteroatoms. The molecule has 2 aromatic rings. The highest BCUT2D eigenvalue weighted by molar-refractivity contribution is 5.58. The first-order valence-corrected chi connectivity index (χ1v) is 5.62. The van der Waals surface area contributed by atoms with Gasteiger partial charge < -0.3 is 4.74 Å². The molecular formula is C15H15NO. The molecule has 0 fully saturated rings. The molecule has 0 saturated carbocycles. The summed E-state index contributed by atoms with van der Waals surface area (Å²) in [6, 6.07) is 13.9. The van der Waals surface area contributed by atoms with Crippen molar-refractivity contribution < 1.29 is 4.74 Å². The number of rotatable bonds is 0.